The molecule has 1 aromatic heterocycles. The van der Waals surface area contributed by atoms with E-state index in [9.17, 15) is 9.59 Å². The molecule has 0 bridgehead atoms. The first-order chi connectivity index (χ1) is 12.6. The number of nitrogens with zero attached hydrogens (tertiary/aromatic N) is 1. The number of hydrogen-bond acceptors (Lipinski definition) is 5. The quantitative estimate of drug-likeness (QED) is 0.510. The average Bonchev–Trinajstić information content (AvgIpc) is 2.66. The van der Waals surface area contributed by atoms with E-state index in [-0.39, 0.29) is 43.4 Å². The Morgan fingerprint density at radius 2 is 1.75 bits per heavy atom. The minimum Gasteiger partial charge on any atom is -0.383 e. The van der Waals surface area contributed by atoms with Crippen molar-refractivity contribution in [1.29, 1.82) is 0 Å². The number of amides is 3. The summed E-state index contributed by atoms with van der Waals surface area (Å²) in [7, 11) is 1.49. The van der Waals surface area contributed by atoms with Gasteiger partial charge < -0.3 is 26.4 Å². The van der Waals surface area contributed by atoms with Gasteiger partial charge in [0.25, 0.3) is 0 Å². The van der Waals surface area contributed by atoms with Crippen LogP contribution in [0.15, 0.2) is 48.8 Å². The van der Waals surface area contributed by atoms with E-state index in [1.807, 2.05) is 18.2 Å². The number of aromatic nitrogens is 1. The fraction of sp³-hybridized carbons (Fsp3) is 0.278. The molecule has 3 amide bonds. The van der Waals surface area contributed by atoms with E-state index in [0.29, 0.717) is 18.8 Å². The minimum atomic E-state index is -0.708. The molecule has 10 heteroatoms. The van der Waals surface area contributed by atoms with Crippen molar-refractivity contribution in [2.24, 2.45) is 5.73 Å². The number of benzene rings is 1. The molecule has 2 rings (SSSR count). The van der Waals surface area contributed by atoms with E-state index in [4.69, 9.17) is 10.5 Å². The van der Waals surface area contributed by atoms with E-state index in [0.717, 1.165) is 11.1 Å². The highest BCUT2D eigenvalue weighted by Crippen LogP contribution is 2.10. The molecule has 154 valence electrons. The van der Waals surface area contributed by atoms with Gasteiger partial charge in [0.1, 0.15) is 6.04 Å². The van der Waals surface area contributed by atoms with Gasteiger partial charge in [-0.05, 0) is 35.4 Å². The molecule has 0 spiro atoms. The van der Waals surface area contributed by atoms with Crippen LogP contribution in [-0.2, 0) is 22.6 Å². The van der Waals surface area contributed by atoms with Gasteiger partial charge in [0.05, 0.1) is 6.61 Å². The normalized spacial score (nSPS) is 10.6. The Kier molecular flexibility index (Phi) is 12.6. The van der Waals surface area contributed by atoms with Gasteiger partial charge in [0, 0.05) is 38.3 Å². The average molecular weight is 430 g/mol. The van der Waals surface area contributed by atoms with E-state index in [1.54, 1.807) is 30.6 Å². The van der Waals surface area contributed by atoms with Gasteiger partial charge in [-0.2, -0.15) is 0 Å². The number of urea groups is 1. The van der Waals surface area contributed by atoms with Crippen LogP contribution in [0.25, 0.3) is 0 Å². The molecule has 0 saturated heterocycles. The first kappa shape index (κ1) is 25.6. The Morgan fingerprint density at radius 3 is 2.43 bits per heavy atom. The zero-order valence-corrected chi connectivity index (χ0v) is 17.0. The molecule has 1 unspecified atom stereocenters. The number of ether oxygens (including phenoxy) is 1. The number of carbonyl (C=O) groups excluding carboxylic acids is 2. The minimum absolute atomic E-state index is 0. The Hall–Kier alpha value is -2.39. The third-order valence-corrected chi connectivity index (χ3v) is 3.54. The van der Waals surface area contributed by atoms with Crippen LogP contribution in [0, 0.1) is 0 Å². The second-order valence-electron chi connectivity index (χ2n) is 5.64. The molecule has 1 aromatic carbocycles. The number of hydrogen-bond donors (Lipinski definition) is 4. The molecule has 1 heterocycles. The summed E-state index contributed by atoms with van der Waals surface area (Å²) in [6, 6.07) is 9.85. The van der Waals surface area contributed by atoms with Crippen LogP contribution >= 0.6 is 24.8 Å². The van der Waals surface area contributed by atoms with Crippen LogP contribution < -0.4 is 21.7 Å². The van der Waals surface area contributed by atoms with E-state index < -0.39 is 6.04 Å². The lowest BCUT2D eigenvalue weighted by atomic mass is 10.2. The Bertz CT molecular complexity index is 734. The molecule has 0 aliphatic rings. The number of rotatable bonds is 8. The van der Waals surface area contributed by atoms with Crippen molar-refractivity contribution < 1.29 is 14.3 Å². The molecule has 0 saturated carbocycles. The molecule has 0 fully saturated rings. The van der Waals surface area contributed by atoms with E-state index in [2.05, 4.69) is 20.9 Å². The van der Waals surface area contributed by atoms with Crippen molar-refractivity contribution in [1.82, 2.24) is 15.6 Å². The van der Waals surface area contributed by atoms with E-state index in [1.165, 1.54) is 7.11 Å². The molecular formula is C18H25Cl2N5O3. The predicted molar refractivity (Wildman–Crippen MR) is 113 cm³/mol. The highest BCUT2D eigenvalue weighted by Gasteiger charge is 2.12. The molecule has 1 atom stereocenters. The second kappa shape index (κ2) is 13.7. The number of anilines is 1. The van der Waals surface area contributed by atoms with Crippen molar-refractivity contribution in [3.8, 4) is 0 Å². The van der Waals surface area contributed by atoms with Crippen molar-refractivity contribution >= 4 is 42.4 Å². The maximum atomic E-state index is 12.0. The fourth-order valence-corrected chi connectivity index (χ4v) is 2.19. The summed E-state index contributed by atoms with van der Waals surface area (Å²) in [6.45, 7) is 0.872. The third-order valence-electron chi connectivity index (χ3n) is 3.54. The first-order valence-corrected chi connectivity index (χ1v) is 8.13. The third kappa shape index (κ3) is 9.01. The van der Waals surface area contributed by atoms with Crippen LogP contribution in [-0.4, -0.2) is 36.7 Å². The molecule has 5 N–H and O–H groups in total. The lowest BCUT2D eigenvalue weighted by molar-refractivity contribution is -0.123. The second-order valence-corrected chi connectivity index (χ2v) is 5.64. The smallest absolute Gasteiger partial charge is 0.319 e. The number of nitrogens with two attached hydrogens (primary N) is 1. The Labute approximate surface area is 176 Å². The summed E-state index contributed by atoms with van der Waals surface area (Å²) >= 11 is 0. The van der Waals surface area contributed by atoms with Gasteiger partial charge >= 0.3 is 6.03 Å². The topological polar surface area (TPSA) is 118 Å². The van der Waals surface area contributed by atoms with Gasteiger partial charge in [-0.25, -0.2) is 4.79 Å². The van der Waals surface area contributed by atoms with Gasteiger partial charge in [-0.3, -0.25) is 9.78 Å². The van der Waals surface area contributed by atoms with Gasteiger partial charge in [0.2, 0.25) is 5.91 Å². The highest BCUT2D eigenvalue weighted by molar-refractivity contribution is 5.89. The predicted octanol–water partition coefficient (Wildman–Crippen LogP) is 1.84. The summed E-state index contributed by atoms with van der Waals surface area (Å²) < 4.78 is 4.85. The molecule has 2 aromatic rings. The molecule has 0 aliphatic carbocycles. The lowest BCUT2D eigenvalue weighted by Crippen LogP contribution is -2.43. The van der Waals surface area contributed by atoms with Crippen molar-refractivity contribution in [2.45, 2.75) is 19.1 Å². The van der Waals surface area contributed by atoms with Gasteiger partial charge in [0.15, 0.2) is 0 Å². The largest absolute Gasteiger partial charge is 0.383 e. The maximum absolute atomic E-state index is 12.0. The maximum Gasteiger partial charge on any atom is 0.319 e. The molecule has 28 heavy (non-hydrogen) atoms. The lowest BCUT2D eigenvalue weighted by Gasteiger charge is -2.12. The Morgan fingerprint density at radius 1 is 1.07 bits per heavy atom. The fourth-order valence-electron chi connectivity index (χ4n) is 2.19. The first-order valence-electron chi connectivity index (χ1n) is 8.13. The number of carbonyl (C=O) groups is 2. The van der Waals surface area contributed by atoms with E-state index >= 15 is 0 Å². The summed E-state index contributed by atoms with van der Waals surface area (Å²) in [6.07, 6.45) is 3.34. The van der Waals surface area contributed by atoms with Crippen LogP contribution in [0.2, 0.25) is 0 Å². The number of halogens is 2. The number of pyridine rings is 1. The van der Waals surface area contributed by atoms with Crippen molar-refractivity contribution in [3.63, 3.8) is 0 Å². The van der Waals surface area contributed by atoms with Crippen LogP contribution in [0.5, 0.6) is 0 Å². The van der Waals surface area contributed by atoms with Crippen molar-refractivity contribution in [2.75, 3.05) is 19.0 Å². The summed E-state index contributed by atoms with van der Waals surface area (Å²) in [5.41, 5.74) is 8.09. The molecular weight excluding hydrogens is 405 g/mol. The summed E-state index contributed by atoms with van der Waals surface area (Å²) in [5.74, 6) is -0.291. The SMILES string of the molecule is COCC(N)C(=O)NCc1cccc(NC(=O)NCc2ccncc2)c1.Cl.Cl. The monoisotopic (exact) mass is 429 g/mol. The van der Waals surface area contributed by atoms with Crippen LogP contribution in [0.4, 0.5) is 10.5 Å². The zero-order valence-electron chi connectivity index (χ0n) is 15.4. The Balaban J connectivity index is 0.00000364. The number of methoxy groups -OCH3 is 1. The van der Waals surface area contributed by atoms with Gasteiger partial charge in [-0.15, -0.1) is 24.8 Å². The van der Waals surface area contributed by atoms with Gasteiger partial charge in [-0.1, -0.05) is 12.1 Å². The summed E-state index contributed by atoms with van der Waals surface area (Å²) in [4.78, 5) is 27.7. The van der Waals surface area contributed by atoms with Crippen LogP contribution in [0.3, 0.4) is 0 Å². The van der Waals surface area contributed by atoms with Crippen LogP contribution in [0.1, 0.15) is 11.1 Å². The number of nitrogens with one attached hydrogen (secondary N) is 3. The molecule has 0 radical (unpaired) electrons. The summed E-state index contributed by atoms with van der Waals surface area (Å²) in [5, 5.41) is 8.26. The van der Waals surface area contributed by atoms with Crippen molar-refractivity contribution in [3.05, 3.63) is 59.9 Å². The standard InChI is InChI=1S/C18H23N5O3.2ClH/c1-26-12-16(19)17(24)21-11-14-3-2-4-15(9-14)23-18(25)22-10-13-5-7-20-8-6-13;;/h2-9,16H,10-12,19H2,1H3,(H,21,24)(H2,22,23,25);2*1H. The molecule has 0 aliphatic heterocycles. The highest BCUT2D eigenvalue weighted by atomic mass is 35.5. The molecule has 8 nitrogen and oxygen atoms in total. The zero-order chi connectivity index (χ0) is 18.8.